The summed E-state index contributed by atoms with van der Waals surface area (Å²) < 4.78 is 16.4. The van der Waals surface area contributed by atoms with Crippen molar-refractivity contribution in [2.75, 3.05) is 47.5 Å². The van der Waals surface area contributed by atoms with Crippen LogP contribution in [0.5, 0.6) is 17.2 Å². The van der Waals surface area contributed by atoms with Gasteiger partial charge >= 0.3 is 0 Å². The van der Waals surface area contributed by atoms with Crippen LogP contribution in [0.25, 0.3) is 0 Å². The van der Waals surface area contributed by atoms with Crippen molar-refractivity contribution in [1.82, 2.24) is 10.2 Å². The van der Waals surface area contributed by atoms with Gasteiger partial charge in [-0.15, -0.1) is 0 Å². The van der Waals surface area contributed by atoms with E-state index in [1.807, 2.05) is 6.07 Å². The molecule has 2 fully saturated rings. The van der Waals surface area contributed by atoms with E-state index in [2.05, 4.69) is 16.3 Å². The molecule has 2 aliphatic rings. The van der Waals surface area contributed by atoms with Crippen LogP contribution in [-0.4, -0.2) is 52.4 Å². The number of hydrogen-bond acceptors (Lipinski definition) is 5. The molecule has 1 N–H and O–H groups in total. The minimum Gasteiger partial charge on any atom is -0.493 e. The van der Waals surface area contributed by atoms with E-state index in [1.54, 1.807) is 21.3 Å². The Balaban J connectivity index is 1.79. The Morgan fingerprint density at radius 2 is 1.67 bits per heavy atom. The zero-order chi connectivity index (χ0) is 14.8. The fraction of sp³-hybridized carbons (Fsp3) is 0.625. The minimum absolute atomic E-state index is 0.679. The molecule has 2 aliphatic heterocycles. The first kappa shape index (κ1) is 14.5. The molecular formula is C16H24N2O3. The number of nitrogens with zero attached hydrogens (tertiary/aromatic N) is 1. The van der Waals surface area contributed by atoms with Gasteiger partial charge in [0.05, 0.1) is 21.3 Å². The molecular weight excluding hydrogens is 268 g/mol. The monoisotopic (exact) mass is 292 g/mol. The van der Waals surface area contributed by atoms with E-state index in [4.69, 9.17) is 14.2 Å². The lowest BCUT2D eigenvalue weighted by molar-refractivity contribution is 0.289. The number of fused-ring (bicyclic) bond motifs is 1. The lowest BCUT2D eigenvalue weighted by Crippen LogP contribution is -2.25. The van der Waals surface area contributed by atoms with Crippen LogP contribution >= 0.6 is 0 Å². The van der Waals surface area contributed by atoms with Crippen molar-refractivity contribution < 1.29 is 14.2 Å². The zero-order valence-electron chi connectivity index (χ0n) is 13.0. The van der Waals surface area contributed by atoms with Crippen LogP contribution in [0, 0.1) is 11.8 Å². The standard InChI is InChI=1S/C16H24N2O3/c1-19-14-5-4-11(15(20-2)16(14)21-3)8-18-9-12-6-17-7-13(12)10-18/h4-5,12-13,17H,6-10H2,1-3H3/t12-,13+. The van der Waals surface area contributed by atoms with Crippen molar-refractivity contribution >= 4 is 0 Å². The lowest BCUT2D eigenvalue weighted by Gasteiger charge is -2.21. The third kappa shape index (κ3) is 2.68. The van der Waals surface area contributed by atoms with Crippen LogP contribution in [0.15, 0.2) is 12.1 Å². The predicted octanol–water partition coefficient (Wildman–Crippen LogP) is 1.36. The molecule has 0 spiro atoms. The Morgan fingerprint density at radius 1 is 1.00 bits per heavy atom. The minimum atomic E-state index is 0.679. The summed E-state index contributed by atoms with van der Waals surface area (Å²) in [7, 11) is 4.98. The van der Waals surface area contributed by atoms with Gasteiger partial charge < -0.3 is 19.5 Å². The van der Waals surface area contributed by atoms with Crippen LogP contribution in [0.1, 0.15) is 5.56 Å². The molecule has 2 atom stereocenters. The first-order valence-electron chi connectivity index (χ1n) is 7.47. The predicted molar refractivity (Wildman–Crippen MR) is 81.2 cm³/mol. The number of hydrogen-bond donors (Lipinski definition) is 1. The van der Waals surface area contributed by atoms with E-state index in [9.17, 15) is 0 Å². The quantitative estimate of drug-likeness (QED) is 0.888. The lowest BCUT2D eigenvalue weighted by atomic mass is 10.0. The van der Waals surface area contributed by atoms with Gasteiger partial charge in [0, 0.05) is 25.2 Å². The highest BCUT2D eigenvalue weighted by Crippen LogP contribution is 2.40. The highest BCUT2D eigenvalue weighted by molar-refractivity contribution is 5.55. The van der Waals surface area contributed by atoms with Gasteiger partial charge in [-0.1, -0.05) is 6.07 Å². The van der Waals surface area contributed by atoms with Gasteiger partial charge in [-0.3, -0.25) is 4.90 Å². The summed E-state index contributed by atoms with van der Waals surface area (Å²) in [6.07, 6.45) is 0. The maximum absolute atomic E-state index is 5.57. The molecule has 0 radical (unpaired) electrons. The van der Waals surface area contributed by atoms with E-state index < -0.39 is 0 Å². The molecule has 5 nitrogen and oxygen atoms in total. The molecule has 0 amide bonds. The summed E-state index contributed by atoms with van der Waals surface area (Å²) >= 11 is 0. The molecule has 0 saturated carbocycles. The van der Waals surface area contributed by atoms with Gasteiger partial charge in [-0.05, 0) is 31.0 Å². The van der Waals surface area contributed by atoms with Crippen molar-refractivity contribution in [3.63, 3.8) is 0 Å². The maximum Gasteiger partial charge on any atom is 0.203 e. The van der Waals surface area contributed by atoms with Crippen molar-refractivity contribution in [1.29, 1.82) is 0 Å². The molecule has 0 aromatic heterocycles. The summed E-state index contributed by atoms with van der Waals surface area (Å²) in [6.45, 7) is 5.54. The second-order valence-corrected chi connectivity index (χ2v) is 5.87. The van der Waals surface area contributed by atoms with E-state index in [1.165, 1.54) is 0 Å². The van der Waals surface area contributed by atoms with Crippen LogP contribution in [0.2, 0.25) is 0 Å². The molecule has 5 heteroatoms. The topological polar surface area (TPSA) is 43.0 Å². The Kier molecular flexibility index (Phi) is 4.22. The van der Waals surface area contributed by atoms with Crippen LogP contribution in [0.4, 0.5) is 0 Å². The number of likely N-dealkylation sites (tertiary alicyclic amines) is 1. The van der Waals surface area contributed by atoms with Crippen molar-refractivity contribution in [2.45, 2.75) is 6.54 Å². The molecule has 1 aromatic rings. The number of benzene rings is 1. The first-order chi connectivity index (χ1) is 10.3. The Bertz CT molecular complexity index is 495. The van der Waals surface area contributed by atoms with Gasteiger partial charge in [-0.25, -0.2) is 0 Å². The van der Waals surface area contributed by atoms with Gasteiger partial charge in [0.25, 0.3) is 0 Å². The van der Waals surface area contributed by atoms with E-state index in [0.717, 1.165) is 55.9 Å². The number of methoxy groups -OCH3 is 3. The van der Waals surface area contributed by atoms with E-state index in [-0.39, 0.29) is 0 Å². The number of rotatable bonds is 5. The largest absolute Gasteiger partial charge is 0.493 e. The third-order valence-electron chi connectivity index (χ3n) is 4.64. The molecule has 116 valence electrons. The molecule has 2 heterocycles. The average Bonchev–Trinajstić information content (AvgIpc) is 3.07. The fourth-order valence-corrected chi connectivity index (χ4v) is 3.61. The zero-order valence-corrected chi connectivity index (χ0v) is 13.0. The van der Waals surface area contributed by atoms with Gasteiger partial charge in [-0.2, -0.15) is 0 Å². The fourth-order valence-electron chi connectivity index (χ4n) is 3.61. The van der Waals surface area contributed by atoms with E-state index in [0.29, 0.717) is 11.5 Å². The van der Waals surface area contributed by atoms with Gasteiger partial charge in [0.15, 0.2) is 11.5 Å². The third-order valence-corrected chi connectivity index (χ3v) is 4.64. The normalized spacial score (nSPS) is 24.9. The Labute approximate surface area is 126 Å². The highest BCUT2D eigenvalue weighted by Gasteiger charge is 2.36. The summed E-state index contributed by atoms with van der Waals surface area (Å²) in [5.74, 6) is 3.78. The molecule has 0 unspecified atom stereocenters. The molecule has 0 aliphatic carbocycles. The first-order valence-corrected chi connectivity index (χ1v) is 7.47. The van der Waals surface area contributed by atoms with Crippen LogP contribution < -0.4 is 19.5 Å². The number of nitrogens with one attached hydrogen (secondary N) is 1. The van der Waals surface area contributed by atoms with Gasteiger partial charge in [0.1, 0.15) is 0 Å². The summed E-state index contributed by atoms with van der Waals surface area (Å²) in [6, 6.07) is 4.03. The van der Waals surface area contributed by atoms with Crippen molar-refractivity contribution in [3.8, 4) is 17.2 Å². The summed E-state index contributed by atoms with van der Waals surface area (Å²) in [5, 5.41) is 3.48. The van der Waals surface area contributed by atoms with E-state index >= 15 is 0 Å². The Morgan fingerprint density at radius 3 is 2.24 bits per heavy atom. The second kappa shape index (κ2) is 6.12. The molecule has 3 rings (SSSR count). The smallest absolute Gasteiger partial charge is 0.203 e. The molecule has 0 bridgehead atoms. The molecule has 21 heavy (non-hydrogen) atoms. The van der Waals surface area contributed by atoms with Crippen LogP contribution in [0.3, 0.4) is 0 Å². The SMILES string of the molecule is COc1ccc(CN2C[C@H]3CNC[C@H]3C2)c(OC)c1OC. The van der Waals surface area contributed by atoms with Gasteiger partial charge in [0.2, 0.25) is 5.75 Å². The van der Waals surface area contributed by atoms with Crippen molar-refractivity contribution in [3.05, 3.63) is 17.7 Å². The van der Waals surface area contributed by atoms with Crippen molar-refractivity contribution in [2.24, 2.45) is 11.8 Å². The summed E-state index contributed by atoms with van der Waals surface area (Å²) in [5.41, 5.74) is 1.16. The van der Waals surface area contributed by atoms with Crippen LogP contribution in [-0.2, 0) is 6.54 Å². The molecule has 1 aromatic carbocycles. The second-order valence-electron chi connectivity index (χ2n) is 5.87. The molecule has 2 saturated heterocycles. The Hall–Kier alpha value is -1.46. The average molecular weight is 292 g/mol. The summed E-state index contributed by atoms with van der Waals surface area (Å²) in [4.78, 5) is 2.51. The maximum atomic E-state index is 5.57. The number of ether oxygens (including phenoxy) is 3. The highest BCUT2D eigenvalue weighted by atomic mass is 16.5.